The fourth-order valence-electron chi connectivity index (χ4n) is 0.805. The van der Waals surface area contributed by atoms with Gasteiger partial charge in [0.15, 0.2) is 0 Å². The summed E-state index contributed by atoms with van der Waals surface area (Å²) in [6.07, 6.45) is 5.94. The van der Waals surface area contributed by atoms with E-state index in [1.165, 1.54) is 0 Å². The zero-order valence-corrected chi connectivity index (χ0v) is 6.30. The zero-order valence-electron chi connectivity index (χ0n) is 6.30. The second-order valence-electron chi connectivity index (χ2n) is 2.51. The quantitative estimate of drug-likeness (QED) is 0.576. The molecule has 1 rings (SSSR count). The van der Waals surface area contributed by atoms with Crippen LogP contribution < -0.4 is 5.32 Å². The third-order valence-corrected chi connectivity index (χ3v) is 1.50. The molecule has 0 aromatic heterocycles. The summed E-state index contributed by atoms with van der Waals surface area (Å²) < 4.78 is 4.89. The van der Waals surface area contributed by atoms with Gasteiger partial charge in [0.25, 0.3) is 0 Å². The maximum atomic E-state index is 10.9. The van der Waals surface area contributed by atoms with Crippen LogP contribution in [-0.2, 0) is 9.53 Å². The van der Waals surface area contributed by atoms with Crippen molar-refractivity contribution < 1.29 is 9.53 Å². The van der Waals surface area contributed by atoms with Gasteiger partial charge in [0.1, 0.15) is 0 Å². The van der Waals surface area contributed by atoms with Crippen LogP contribution in [0.1, 0.15) is 12.8 Å². The molecule has 0 atom stereocenters. The lowest BCUT2D eigenvalue weighted by Gasteiger charge is -2.26. The maximum Gasteiger partial charge on any atom is 0.221 e. The summed E-state index contributed by atoms with van der Waals surface area (Å²) >= 11 is 0. The van der Waals surface area contributed by atoms with Gasteiger partial charge in [0.05, 0.1) is 19.3 Å². The Kier molecular flexibility index (Phi) is 2.94. The number of terminal acetylenes is 1. The molecule has 60 valence electrons. The zero-order chi connectivity index (χ0) is 8.10. The van der Waals surface area contributed by atoms with E-state index in [4.69, 9.17) is 11.2 Å². The SMILES string of the molecule is C#CCCC(=O)NC1COC1. The Bertz CT molecular complexity index is 179. The number of carbonyl (C=O) groups excluding carboxylic acids is 1. The van der Waals surface area contributed by atoms with Crippen molar-refractivity contribution in [3.05, 3.63) is 0 Å². The predicted octanol–water partition coefficient (Wildman–Crippen LogP) is -0.0852. The standard InChI is InChI=1S/C8H11NO2/c1-2-3-4-8(10)9-7-5-11-6-7/h1,7H,3-6H2,(H,9,10). The molecule has 1 saturated heterocycles. The number of nitrogens with one attached hydrogen (secondary N) is 1. The first-order valence-electron chi connectivity index (χ1n) is 3.63. The second kappa shape index (κ2) is 3.99. The number of ether oxygens (including phenoxy) is 1. The molecule has 3 nitrogen and oxygen atoms in total. The lowest BCUT2D eigenvalue weighted by molar-refractivity contribution is -0.125. The summed E-state index contributed by atoms with van der Waals surface area (Å²) in [4.78, 5) is 10.9. The van der Waals surface area contributed by atoms with Gasteiger partial charge in [-0.15, -0.1) is 12.3 Å². The van der Waals surface area contributed by atoms with Crippen LogP contribution in [0.5, 0.6) is 0 Å². The topological polar surface area (TPSA) is 38.3 Å². The van der Waals surface area contributed by atoms with Crippen LogP contribution in [-0.4, -0.2) is 25.2 Å². The minimum Gasteiger partial charge on any atom is -0.377 e. The molecule has 0 saturated carbocycles. The van der Waals surface area contributed by atoms with Crippen LogP contribution in [0.2, 0.25) is 0 Å². The minimum atomic E-state index is 0.0243. The molecule has 3 heteroatoms. The molecule has 0 bridgehead atoms. The van der Waals surface area contributed by atoms with Crippen molar-refractivity contribution in [3.63, 3.8) is 0 Å². The monoisotopic (exact) mass is 153 g/mol. The Morgan fingerprint density at radius 2 is 2.45 bits per heavy atom. The first kappa shape index (κ1) is 8.09. The molecule has 1 heterocycles. The van der Waals surface area contributed by atoms with Gasteiger partial charge in [0, 0.05) is 12.8 Å². The highest BCUT2D eigenvalue weighted by molar-refractivity contribution is 5.76. The normalized spacial score (nSPS) is 16.6. The Balaban J connectivity index is 2.06. The van der Waals surface area contributed by atoms with Crippen LogP contribution >= 0.6 is 0 Å². The lowest BCUT2D eigenvalue weighted by atomic mass is 10.2. The van der Waals surface area contributed by atoms with Gasteiger partial charge in [-0.1, -0.05) is 0 Å². The summed E-state index contributed by atoms with van der Waals surface area (Å²) in [6.45, 7) is 1.28. The molecule has 0 aromatic rings. The summed E-state index contributed by atoms with van der Waals surface area (Å²) in [5, 5.41) is 2.79. The molecule has 0 unspecified atom stereocenters. The first-order valence-corrected chi connectivity index (χ1v) is 3.63. The largest absolute Gasteiger partial charge is 0.377 e. The highest BCUT2D eigenvalue weighted by Crippen LogP contribution is 1.99. The molecule has 0 radical (unpaired) electrons. The summed E-state index contributed by atoms with van der Waals surface area (Å²) in [7, 11) is 0. The van der Waals surface area contributed by atoms with Gasteiger partial charge in [0.2, 0.25) is 5.91 Å². The van der Waals surface area contributed by atoms with E-state index in [1.807, 2.05) is 0 Å². The maximum absolute atomic E-state index is 10.9. The summed E-state index contributed by atoms with van der Waals surface area (Å²) in [6, 6.07) is 0.222. The van der Waals surface area contributed by atoms with E-state index < -0.39 is 0 Å². The van der Waals surface area contributed by atoms with Crippen molar-refractivity contribution in [2.24, 2.45) is 0 Å². The first-order chi connectivity index (χ1) is 5.33. The van der Waals surface area contributed by atoms with Crippen molar-refractivity contribution in [1.82, 2.24) is 5.32 Å². The van der Waals surface area contributed by atoms with Crippen LogP contribution in [0, 0.1) is 12.3 Å². The number of hydrogen-bond acceptors (Lipinski definition) is 2. The smallest absolute Gasteiger partial charge is 0.221 e. The van der Waals surface area contributed by atoms with Gasteiger partial charge in [-0.3, -0.25) is 4.79 Å². The number of carbonyl (C=O) groups is 1. The molecule has 11 heavy (non-hydrogen) atoms. The minimum absolute atomic E-state index is 0.0243. The van der Waals surface area contributed by atoms with Crippen molar-refractivity contribution in [2.75, 3.05) is 13.2 Å². The highest BCUT2D eigenvalue weighted by Gasteiger charge is 2.19. The fraction of sp³-hybridized carbons (Fsp3) is 0.625. The van der Waals surface area contributed by atoms with Crippen molar-refractivity contribution >= 4 is 5.91 Å². The number of amides is 1. The van der Waals surface area contributed by atoms with E-state index in [1.54, 1.807) is 0 Å². The molecule has 0 spiro atoms. The Labute approximate surface area is 66.1 Å². The van der Waals surface area contributed by atoms with Gasteiger partial charge >= 0.3 is 0 Å². The Morgan fingerprint density at radius 3 is 2.91 bits per heavy atom. The van der Waals surface area contributed by atoms with Crippen LogP contribution in [0.15, 0.2) is 0 Å². The van der Waals surface area contributed by atoms with Gasteiger partial charge in [-0.05, 0) is 0 Å². The van der Waals surface area contributed by atoms with Crippen molar-refractivity contribution in [2.45, 2.75) is 18.9 Å². The molecule has 1 N–H and O–H groups in total. The molecular weight excluding hydrogens is 142 g/mol. The van der Waals surface area contributed by atoms with E-state index >= 15 is 0 Å². The van der Waals surface area contributed by atoms with E-state index in [0.29, 0.717) is 26.1 Å². The van der Waals surface area contributed by atoms with E-state index in [0.717, 1.165) is 0 Å². The molecule has 1 aliphatic rings. The van der Waals surface area contributed by atoms with Crippen LogP contribution in [0.25, 0.3) is 0 Å². The lowest BCUT2D eigenvalue weighted by Crippen LogP contribution is -2.48. The van der Waals surface area contributed by atoms with Gasteiger partial charge in [-0.25, -0.2) is 0 Å². The molecule has 0 aliphatic carbocycles. The average Bonchev–Trinajstić information content (AvgIpc) is 1.93. The van der Waals surface area contributed by atoms with Crippen molar-refractivity contribution in [1.29, 1.82) is 0 Å². The summed E-state index contributed by atoms with van der Waals surface area (Å²) in [5.41, 5.74) is 0. The summed E-state index contributed by atoms with van der Waals surface area (Å²) in [5.74, 6) is 2.44. The fourth-order valence-corrected chi connectivity index (χ4v) is 0.805. The van der Waals surface area contributed by atoms with E-state index in [-0.39, 0.29) is 11.9 Å². The van der Waals surface area contributed by atoms with Crippen LogP contribution in [0.4, 0.5) is 0 Å². The second-order valence-corrected chi connectivity index (χ2v) is 2.51. The molecule has 1 aliphatic heterocycles. The van der Waals surface area contributed by atoms with Crippen molar-refractivity contribution in [3.8, 4) is 12.3 Å². The molecule has 1 amide bonds. The van der Waals surface area contributed by atoms with Gasteiger partial charge in [-0.2, -0.15) is 0 Å². The third-order valence-electron chi connectivity index (χ3n) is 1.50. The molecule has 0 aromatic carbocycles. The third kappa shape index (κ3) is 2.60. The molecule has 1 fully saturated rings. The van der Waals surface area contributed by atoms with Gasteiger partial charge < -0.3 is 10.1 Å². The van der Waals surface area contributed by atoms with E-state index in [2.05, 4.69) is 11.2 Å². The number of hydrogen-bond donors (Lipinski definition) is 1. The predicted molar refractivity (Wildman–Crippen MR) is 40.8 cm³/mol. The highest BCUT2D eigenvalue weighted by atomic mass is 16.5. The number of rotatable bonds is 3. The van der Waals surface area contributed by atoms with Crippen LogP contribution in [0.3, 0.4) is 0 Å². The Hall–Kier alpha value is -1.01. The molecular formula is C8H11NO2. The van der Waals surface area contributed by atoms with E-state index in [9.17, 15) is 4.79 Å². The average molecular weight is 153 g/mol. The Morgan fingerprint density at radius 1 is 1.73 bits per heavy atom.